The summed E-state index contributed by atoms with van der Waals surface area (Å²) in [4.78, 5) is 10.2. The Kier molecular flexibility index (Phi) is 1.50. The lowest BCUT2D eigenvalue weighted by Crippen LogP contribution is -2.24. The average molecular weight is 204 g/mol. The highest BCUT2D eigenvalue weighted by Gasteiger charge is 2.32. The van der Waals surface area contributed by atoms with Gasteiger partial charge in [-0.2, -0.15) is 0 Å². The van der Waals surface area contributed by atoms with Crippen LogP contribution in [0.1, 0.15) is 0 Å². The van der Waals surface area contributed by atoms with Crippen LogP contribution in [-0.2, 0) is 6.54 Å². The van der Waals surface area contributed by atoms with Gasteiger partial charge in [0.25, 0.3) is 0 Å². The van der Waals surface area contributed by atoms with Gasteiger partial charge >= 0.3 is 6.23 Å². The van der Waals surface area contributed by atoms with Crippen LogP contribution < -0.4 is 4.74 Å². The lowest BCUT2D eigenvalue weighted by atomic mass is 10.2. The van der Waals surface area contributed by atoms with Crippen LogP contribution in [0.4, 0.5) is 0 Å². The topological polar surface area (TPSA) is 57.3 Å². The minimum atomic E-state index is -0.940. The van der Waals surface area contributed by atoms with Crippen molar-refractivity contribution in [2.75, 3.05) is 0 Å². The minimum absolute atomic E-state index is 0.288. The maximum Gasteiger partial charge on any atom is 0.373 e. The summed E-state index contributed by atoms with van der Waals surface area (Å²) in [5.41, 5.74) is 0.983. The molecule has 76 valence electrons. The quantitative estimate of drug-likeness (QED) is 0.524. The normalized spacial score (nSPS) is 18.8. The predicted molar refractivity (Wildman–Crippen MR) is 53.3 cm³/mol. The third-order valence-electron chi connectivity index (χ3n) is 2.60. The summed E-state index contributed by atoms with van der Waals surface area (Å²) in [6.07, 6.45) is -0.940. The Bertz CT molecular complexity index is 547. The molecule has 0 N–H and O–H groups in total. The van der Waals surface area contributed by atoms with Gasteiger partial charge in [0.2, 0.25) is 5.88 Å². The lowest BCUT2D eigenvalue weighted by molar-refractivity contribution is -0.559. The molecule has 0 saturated heterocycles. The molecular weight excluding hydrogens is 196 g/mol. The molecule has 1 atom stereocenters. The van der Waals surface area contributed by atoms with Gasteiger partial charge in [-0.1, -0.05) is 18.2 Å². The first-order valence-electron chi connectivity index (χ1n) is 4.64. The van der Waals surface area contributed by atoms with E-state index in [1.807, 2.05) is 34.9 Å². The van der Waals surface area contributed by atoms with Crippen LogP contribution in [0, 0.1) is 10.1 Å². The molecule has 0 aliphatic carbocycles. The number of ether oxygens (including phenoxy) is 1. The second-order valence-electron chi connectivity index (χ2n) is 3.51. The Morgan fingerprint density at radius 3 is 3.07 bits per heavy atom. The molecule has 3 rings (SSSR count). The van der Waals surface area contributed by atoms with E-state index in [1.54, 1.807) is 0 Å². The Hall–Kier alpha value is -2.04. The largest absolute Gasteiger partial charge is 0.412 e. The molecule has 2 aromatic rings. The fourth-order valence-corrected chi connectivity index (χ4v) is 1.91. The van der Waals surface area contributed by atoms with Crippen molar-refractivity contribution in [2.24, 2.45) is 0 Å². The molecule has 1 aliphatic heterocycles. The van der Waals surface area contributed by atoms with E-state index in [9.17, 15) is 10.1 Å². The smallest absolute Gasteiger partial charge is 0.373 e. The Morgan fingerprint density at radius 1 is 1.47 bits per heavy atom. The summed E-state index contributed by atoms with van der Waals surface area (Å²) >= 11 is 0. The van der Waals surface area contributed by atoms with E-state index in [4.69, 9.17) is 4.74 Å². The molecule has 0 fully saturated rings. The number of fused-ring (bicyclic) bond motifs is 3. The van der Waals surface area contributed by atoms with Crippen molar-refractivity contribution < 1.29 is 9.66 Å². The van der Waals surface area contributed by atoms with Crippen molar-refractivity contribution >= 4 is 10.9 Å². The first-order valence-corrected chi connectivity index (χ1v) is 4.64. The van der Waals surface area contributed by atoms with Crippen LogP contribution >= 0.6 is 0 Å². The zero-order chi connectivity index (χ0) is 10.4. The van der Waals surface area contributed by atoms with Gasteiger partial charge in [-0.25, -0.2) is 0 Å². The molecule has 1 aromatic heterocycles. The van der Waals surface area contributed by atoms with Gasteiger partial charge in [0, 0.05) is 11.5 Å². The number of aromatic nitrogens is 1. The van der Waals surface area contributed by atoms with E-state index < -0.39 is 11.2 Å². The number of nitrogens with zero attached hydrogens (tertiary/aromatic N) is 2. The van der Waals surface area contributed by atoms with Crippen LogP contribution in [0.3, 0.4) is 0 Å². The second-order valence-corrected chi connectivity index (χ2v) is 3.51. The number of para-hydroxylation sites is 1. The molecule has 15 heavy (non-hydrogen) atoms. The molecular formula is C10H8N2O3. The van der Waals surface area contributed by atoms with E-state index in [1.165, 1.54) is 0 Å². The number of hydrogen-bond acceptors (Lipinski definition) is 3. The van der Waals surface area contributed by atoms with E-state index in [2.05, 4.69) is 0 Å². The molecule has 0 spiro atoms. The maximum absolute atomic E-state index is 10.6. The summed E-state index contributed by atoms with van der Waals surface area (Å²) in [5, 5.41) is 11.6. The third kappa shape index (κ3) is 1.09. The van der Waals surface area contributed by atoms with Crippen molar-refractivity contribution in [2.45, 2.75) is 12.8 Å². The lowest BCUT2D eigenvalue weighted by Gasteiger charge is -1.99. The summed E-state index contributed by atoms with van der Waals surface area (Å²) in [5.74, 6) is 0.581. The molecule has 5 nitrogen and oxygen atoms in total. The minimum Gasteiger partial charge on any atom is -0.412 e. The number of nitro groups is 1. The number of hydrogen-bond donors (Lipinski definition) is 0. The molecule has 0 bridgehead atoms. The van der Waals surface area contributed by atoms with Crippen molar-refractivity contribution in [3.63, 3.8) is 0 Å². The molecule has 0 amide bonds. The maximum atomic E-state index is 10.6. The highest BCUT2D eigenvalue weighted by atomic mass is 16.7. The Balaban J connectivity index is 2.12. The molecule has 5 heteroatoms. The van der Waals surface area contributed by atoms with Crippen LogP contribution in [0.2, 0.25) is 0 Å². The Labute approximate surface area is 85.0 Å². The standard InChI is InChI=1S/C10H8N2O3/c13-12(14)10-6-11-8-4-2-1-3-7(8)5-9(11)15-10/h1-5,10H,6H2. The molecule has 1 unspecified atom stereocenters. The van der Waals surface area contributed by atoms with Gasteiger partial charge in [-0.05, 0) is 6.07 Å². The first kappa shape index (κ1) is 8.28. The summed E-state index contributed by atoms with van der Waals surface area (Å²) in [6, 6.07) is 9.58. The zero-order valence-corrected chi connectivity index (χ0v) is 7.79. The zero-order valence-electron chi connectivity index (χ0n) is 7.79. The summed E-state index contributed by atoms with van der Waals surface area (Å²) < 4.78 is 7.05. The highest BCUT2D eigenvalue weighted by Crippen LogP contribution is 2.30. The molecule has 1 aliphatic rings. The SMILES string of the molecule is O=[N+]([O-])C1Cn2c(cc3ccccc32)O1. The molecule has 0 saturated carbocycles. The molecule has 2 heterocycles. The van der Waals surface area contributed by atoms with E-state index in [0.29, 0.717) is 5.88 Å². The van der Waals surface area contributed by atoms with Gasteiger partial charge in [-0.3, -0.25) is 10.1 Å². The van der Waals surface area contributed by atoms with Gasteiger partial charge < -0.3 is 9.30 Å². The highest BCUT2D eigenvalue weighted by molar-refractivity contribution is 5.82. The van der Waals surface area contributed by atoms with Crippen molar-refractivity contribution in [3.05, 3.63) is 40.4 Å². The molecule has 1 aromatic carbocycles. The van der Waals surface area contributed by atoms with Crippen LogP contribution in [0.5, 0.6) is 5.88 Å². The fraction of sp³-hybridized carbons (Fsp3) is 0.200. The van der Waals surface area contributed by atoms with Gasteiger partial charge in [0.05, 0.1) is 10.4 Å². The summed E-state index contributed by atoms with van der Waals surface area (Å²) in [6.45, 7) is 0.288. The van der Waals surface area contributed by atoms with Gasteiger partial charge in [0.15, 0.2) is 0 Å². The summed E-state index contributed by atoms with van der Waals surface area (Å²) in [7, 11) is 0. The van der Waals surface area contributed by atoms with Crippen molar-refractivity contribution in [1.29, 1.82) is 0 Å². The first-order chi connectivity index (χ1) is 7.25. The van der Waals surface area contributed by atoms with Crippen molar-refractivity contribution in [1.82, 2.24) is 4.57 Å². The number of benzene rings is 1. The van der Waals surface area contributed by atoms with Crippen LogP contribution in [0.25, 0.3) is 10.9 Å². The van der Waals surface area contributed by atoms with Gasteiger partial charge in [0.1, 0.15) is 6.54 Å². The average Bonchev–Trinajstić information content (AvgIpc) is 2.73. The van der Waals surface area contributed by atoms with E-state index in [0.717, 1.165) is 10.9 Å². The molecule has 0 radical (unpaired) electrons. The number of rotatable bonds is 1. The fourth-order valence-electron chi connectivity index (χ4n) is 1.91. The van der Waals surface area contributed by atoms with E-state index >= 15 is 0 Å². The second kappa shape index (κ2) is 2.73. The Morgan fingerprint density at radius 2 is 2.27 bits per heavy atom. The van der Waals surface area contributed by atoms with Crippen LogP contribution in [0.15, 0.2) is 30.3 Å². The van der Waals surface area contributed by atoms with Gasteiger partial charge in [-0.15, -0.1) is 0 Å². The van der Waals surface area contributed by atoms with E-state index in [-0.39, 0.29) is 6.54 Å². The predicted octanol–water partition coefficient (Wildman–Crippen LogP) is 1.64. The van der Waals surface area contributed by atoms with Crippen molar-refractivity contribution in [3.8, 4) is 5.88 Å². The van der Waals surface area contributed by atoms with Crippen LogP contribution in [-0.4, -0.2) is 15.7 Å². The monoisotopic (exact) mass is 204 g/mol. The third-order valence-corrected chi connectivity index (χ3v) is 2.60.